The summed E-state index contributed by atoms with van der Waals surface area (Å²) in [7, 11) is 0. The third-order valence-corrected chi connectivity index (χ3v) is 5.41. The molecule has 0 amide bonds. The molecule has 0 spiro atoms. The van der Waals surface area contributed by atoms with Crippen molar-refractivity contribution in [3.8, 4) is 5.75 Å². The van der Waals surface area contributed by atoms with Gasteiger partial charge in [0.05, 0.1) is 0 Å². The molecule has 1 aromatic carbocycles. The van der Waals surface area contributed by atoms with E-state index in [0.717, 1.165) is 50.1 Å². The first-order valence-corrected chi connectivity index (χ1v) is 9.99. The number of aromatic hydroxyl groups is 1. The van der Waals surface area contributed by atoms with Gasteiger partial charge in [0.2, 0.25) is 0 Å². The number of benzene rings is 1. The molecule has 0 bridgehead atoms. The van der Waals surface area contributed by atoms with Gasteiger partial charge in [-0.25, -0.2) is 0 Å². The van der Waals surface area contributed by atoms with E-state index in [1.54, 1.807) is 0 Å². The lowest BCUT2D eigenvalue weighted by Crippen LogP contribution is -2.45. The number of halogens is 2. The van der Waals surface area contributed by atoms with Gasteiger partial charge in [0, 0.05) is 37.8 Å². The van der Waals surface area contributed by atoms with Gasteiger partial charge in [-0.05, 0) is 40.9 Å². The molecule has 1 fully saturated rings. The highest BCUT2D eigenvalue weighted by Crippen LogP contribution is 2.42. The van der Waals surface area contributed by atoms with Gasteiger partial charge < -0.3 is 10.4 Å². The van der Waals surface area contributed by atoms with Gasteiger partial charge in [0.1, 0.15) is 5.75 Å². The summed E-state index contributed by atoms with van der Waals surface area (Å²) in [5, 5.41) is 14.7. The Kier molecular flexibility index (Phi) is 10.6. The average molecular weight is 431 g/mol. The Morgan fingerprint density at radius 2 is 1.64 bits per heavy atom. The smallest absolute Gasteiger partial charge is 0.124 e. The van der Waals surface area contributed by atoms with Gasteiger partial charge >= 0.3 is 0 Å². The Balaban J connectivity index is 0.00000364. The molecular weight excluding hydrogens is 391 g/mol. The molecule has 1 heterocycles. The lowest BCUT2D eigenvalue weighted by molar-refractivity contribution is 0.163. The minimum Gasteiger partial charge on any atom is -0.507 e. The summed E-state index contributed by atoms with van der Waals surface area (Å²) in [5.41, 5.74) is 3.40. The zero-order valence-electron chi connectivity index (χ0n) is 18.5. The van der Waals surface area contributed by atoms with E-state index in [9.17, 15) is 5.11 Å². The van der Waals surface area contributed by atoms with Crippen LogP contribution in [0.25, 0.3) is 0 Å². The van der Waals surface area contributed by atoms with Crippen molar-refractivity contribution in [1.29, 1.82) is 0 Å². The van der Waals surface area contributed by atoms with Crippen LogP contribution in [0.3, 0.4) is 0 Å². The van der Waals surface area contributed by atoms with Crippen LogP contribution in [0.4, 0.5) is 0 Å². The van der Waals surface area contributed by atoms with E-state index in [1.165, 1.54) is 5.56 Å². The molecule has 0 unspecified atom stereocenters. The second kappa shape index (κ2) is 10.9. The number of phenols is 1. The van der Waals surface area contributed by atoms with Gasteiger partial charge in [-0.15, -0.1) is 31.4 Å². The standard InChI is InChI=1S/C23H38N2O.2ClH/c1-8-9-10-20(25-13-11-24-12-14-25)18-15-17(22(2,3)4)16-19(21(18)26)23(5,6)7;;/h8,15-16,20,24,26H,1,9-14H2,2-7H3;2*1H/t20-;;/m1../s1. The zero-order valence-corrected chi connectivity index (χ0v) is 20.1. The van der Waals surface area contributed by atoms with E-state index in [1.807, 2.05) is 6.08 Å². The molecule has 1 aliphatic heterocycles. The fraction of sp³-hybridized carbons (Fsp3) is 0.652. The molecule has 0 aliphatic carbocycles. The number of hydrogen-bond acceptors (Lipinski definition) is 3. The molecule has 0 saturated carbocycles. The van der Waals surface area contributed by atoms with E-state index in [0.29, 0.717) is 5.75 Å². The molecular formula is C23H40Cl2N2O. The summed E-state index contributed by atoms with van der Waals surface area (Å²) in [6.45, 7) is 21.3. The van der Waals surface area contributed by atoms with Crippen molar-refractivity contribution in [2.75, 3.05) is 26.2 Å². The van der Waals surface area contributed by atoms with Gasteiger partial charge in [-0.1, -0.05) is 53.7 Å². The van der Waals surface area contributed by atoms with Crippen LogP contribution in [-0.2, 0) is 10.8 Å². The Bertz CT molecular complexity index is 627. The van der Waals surface area contributed by atoms with Gasteiger partial charge in [-0.2, -0.15) is 0 Å². The van der Waals surface area contributed by atoms with E-state index in [2.05, 4.69) is 70.5 Å². The van der Waals surface area contributed by atoms with Crippen LogP contribution in [0.1, 0.15) is 77.1 Å². The van der Waals surface area contributed by atoms with Gasteiger partial charge in [-0.3, -0.25) is 4.90 Å². The number of allylic oxidation sites excluding steroid dienone is 1. The summed E-state index contributed by atoms with van der Waals surface area (Å²) in [6, 6.07) is 4.69. The lowest BCUT2D eigenvalue weighted by Gasteiger charge is -2.37. The van der Waals surface area contributed by atoms with Crippen LogP contribution >= 0.6 is 24.8 Å². The van der Waals surface area contributed by atoms with Crippen molar-refractivity contribution in [3.05, 3.63) is 41.5 Å². The van der Waals surface area contributed by atoms with Crippen LogP contribution in [0, 0.1) is 0 Å². The zero-order chi connectivity index (χ0) is 19.5. The number of hydrogen-bond donors (Lipinski definition) is 2. The first-order valence-electron chi connectivity index (χ1n) is 9.99. The fourth-order valence-electron chi connectivity index (χ4n) is 3.72. The van der Waals surface area contributed by atoms with Crippen LogP contribution in [-0.4, -0.2) is 36.2 Å². The predicted molar refractivity (Wildman–Crippen MR) is 127 cm³/mol. The molecule has 2 N–H and O–H groups in total. The fourth-order valence-corrected chi connectivity index (χ4v) is 3.72. The molecule has 1 atom stereocenters. The monoisotopic (exact) mass is 430 g/mol. The van der Waals surface area contributed by atoms with E-state index in [4.69, 9.17) is 0 Å². The van der Waals surface area contributed by atoms with Crippen molar-refractivity contribution in [3.63, 3.8) is 0 Å². The second-order valence-corrected chi connectivity index (χ2v) is 9.63. The molecule has 1 aromatic rings. The Morgan fingerprint density at radius 1 is 1.07 bits per heavy atom. The molecule has 3 nitrogen and oxygen atoms in total. The Labute approximate surface area is 184 Å². The molecule has 5 heteroatoms. The van der Waals surface area contributed by atoms with Crippen molar-refractivity contribution in [1.82, 2.24) is 10.2 Å². The Morgan fingerprint density at radius 3 is 2.11 bits per heavy atom. The Hall–Kier alpha value is -0.740. The molecule has 2 rings (SSSR count). The van der Waals surface area contributed by atoms with E-state index in [-0.39, 0.29) is 41.7 Å². The summed E-state index contributed by atoms with van der Waals surface area (Å²) in [5.74, 6) is 0.484. The highest BCUT2D eigenvalue weighted by atomic mass is 35.5. The number of phenolic OH excluding ortho intramolecular Hbond substituents is 1. The van der Waals surface area contributed by atoms with Crippen molar-refractivity contribution in [2.24, 2.45) is 0 Å². The van der Waals surface area contributed by atoms with Crippen LogP contribution in [0.5, 0.6) is 5.75 Å². The summed E-state index contributed by atoms with van der Waals surface area (Å²) >= 11 is 0. The van der Waals surface area contributed by atoms with Crippen molar-refractivity contribution < 1.29 is 5.11 Å². The minimum atomic E-state index is -0.0907. The number of piperazine rings is 1. The number of rotatable bonds is 5. The average Bonchev–Trinajstić information content (AvgIpc) is 2.55. The molecule has 28 heavy (non-hydrogen) atoms. The predicted octanol–water partition coefficient (Wildman–Crippen LogP) is 5.74. The normalized spacial score (nSPS) is 16.6. The van der Waals surface area contributed by atoms with Gasteiger partial charge in [0.15, 0.2) is 0 Å². The molecule has 162 valence electrons. The van der Waals surface area contributed by atoms with E-state index >= 15 is 0 Å². The summed E-state index contributed by atoms with van der Waals surface area (Å²) in [6.07, 6.45) is 3.94. The topological polar surface area (TPSA) is 35.5 Å². The third-order valence-electron chi connectivity index (χ3n) is 5.41. The number of nitrogens with one attached hydrogen (secondary N) is 1. The molecule has 0 aromatic heterocycles. The lowest BCUT2D eigenvalue weighted by atomic mass is 9.77. The first-order chi connectivity index (χ1) is 12.1. The summed E-state index contributed by atoms with van der Waals surface area (Å²) < 4.78 is 0. The molecule has 1 saturated heterocycles. The number of nitrogens with zero attached hydrogens (tertiary/aromatic N) is 1. The molecule has 0 radical (unpaired) electrons. The second-order valence-electron chi connectivity index (χ2n) is 9.63. The van der Waals surface area contributed by atoms with Gasteiger partial charge in [0.25, 0.3) is 0 Å². The maximum atomic E-state index is 11.2. The highest BCUT2D eigenvalue weighted by Gasteiger charge is 2.30. The molecule has 1 aliphatic rings. The maximum Gasteiger partial charge on any atom is 0.124 e. The maximum absolute atomic E-state index is 11.2. The largest absolute Gasteiger partial charge is 0.507 e. The highest BCUT2D eigenvalue weighted by molar-refractivity contribution is 5.85. The quantitative estimate of drug-likeness (QED) is 0.584. The third kappa shape index (κ3) is 6.66. The van der Waals surface area contributed by atoms with Crippen molar-refractivity contribution >= 4 is 24.8 Å². The van der Waals surface area contributed by atoms with E-state index < -0.39 is 0 Å². The van der Waals surface area contributed by atoms with Crippen LogP contribution < -0.4 is 5.32 Å². The summed E-state index contributed by atoms with van der Waals surface area (Å²) in [4.78, 5) is 2.52. The van der Waals surface area contributed by atoms with Crippen LogP contribution in [0.2, 0.25) is 0 Å². The minimum absolute atomic E-state index is 0. The SMILES string of the molecule is C=CCC[C@H](c1cc(C(C)(C)C)cc(C(C)(C)C)c1O)N1CCNCC1.Cl.Cl. The van der Waals surface area contributed by atoms with Crippen molar-refractivity contribution in [2.45, 2.75) is 71.3 Å². The first kappa shape index (κ1) is 27.3. The van der Waals surface area contributed by atoms with Crippen LogP contribution in [0.15, 0.2) is 24.8 Å².